The molecule has 3 heterocycles. The first-order chi connectivity index (χ1) is 11.0. The molecule has 3 aliphatic heterocycles. The number of ether oxygens (including phenoxy) is 1. The van der Waals surface area contributed by atoms with Crippen molar-refractivity contribution in [3.63, 3.8) is 0 Å². The highest BCUT2D eigenvalue weighted by Crippen LogP contribution is 2.41. The Morgan fingerprint density at radius 1 is 1.48 bits per heavy atom. The van der Waals surface area contributed by atoms with E-state index in [9.17, 15) is 4.79 Å². The molecule has 1 aromatic carbocycles. The number of anilines is 2. The first kappa shape index (κ1) is 14.8. The maximum atomic E-state index is 12.0. The van der Waals surface area contributed by atoms with Crippen molar-refractivity contribution in [1.82, 2.24) is 10.7 Å². The number of halogens is 1. The fraction of sp³-hybridized carbons (Fsp3) is 0.467. The van der Waals surface area contributed by atoms with E-state index < -0.39 is 0 Å². The topological polar surface area (TPSA) is 78.0 Å². The Morgan fingerprint density at radius 2 is 2.26 bits per heavy atom. The van der Waals surface area contributed by atoms with E-state index in [1.165, 1.54) is 0 Å². The first-order valence-corrected chi connectivity index (χ1v) is 8.37. The maximum absolute atomic E-state index is 12.0. The number of nitrogens with one attached hydrogen (secondary N) is 3. The molecule has 0 saturated carbocycles. The predicted molar refractivity (Wildman–Crippen MR) is 92.1 cm³/mol. The van der Waals surface area contributed by atoms with Gasteiger partial charge < -0.3 is 20.3 Å². The summed E-state index contributed by atoms with van der Waals surface area (Å²) in [6, 6.07) is 3.65. The van der Waals surface area contributed by atoms with E-state index in [4.69, 9.17) is 4.74 Å². The summed E-state index contributed by atoms with van der Waals surface area (Å²) < 4.78 is 6.73. The molecule has 0 spiro atoms. The molecule has 1 atom stereocenters. The highest BCUT2D eigenvalue weighted by molar-refractivity contribution is 9.10. The molecule has 0 bridgehead atoms. The Labute approximate surface area is 142 Å². The summed E-state index contributed by atoms with van der Waals surface area (Å²) in [5.74, 6) is 1.35. The van der Waals surface area contributed by atoms with Gasteiger partial charge in [0, 0.05) is 17.6 Å². The van der Waals surface area contributed by atoms with Gasteiger partial charge in [-0.3, -0.25) is 4.79 Å². The number of fused-ring (bicyclic) bond motifs is 3. The molecule has 0 aliphatic carbocycles. The third kappa shape index (κ3) is 2.36. The molecule has 0 unspecified atom stereocenters. The van der Waals surface area contributed by atoms with Gasteiger partial charge in [-0.25, -0.2) is 5.43 Å². The van der Waals surface area contributed by atoms with Gasteiger partial charge in [0.05, 0.1) is 16.9 Å². The van der Waals surface area contributed by atoms with E-state index in [2.05, 4.69) is 44.0 Å². The average Bonchev–Trinajstić information content (AvgIpc) is 2.50. The smallest absolute Gasteiger partial charge is 0.262 e. The maximum Gasteiger partial charge on any atom is 0.262 e. The summed E-state index contributed by atoms with van der Waals surface area (Å²) in [4.78, 5) is 13.9. The number of hydrogen-bond acceptors (Lipinski definition) is 6. The fourth-order valence-electron chi connectivity index (χ4n) is 3.06. The molecule has 1 aromatic rings. The molecule has 8 heteroatoms. The monoisotopic (exact) mass is 379 g/mol. The van der Waals surface area contributed by atoms with Gasteiger partial charge >= 0.3 is 0 Å². The molecule has 1 saturated heterocycles. The number of carbonyl (C=O) groups is 1. The van der Waals surface area contributed by atoms with Crippen LogP contribution >= 0.6 is 15.9 Å². The van der Waals surface area contributed by atoms with E-state index in [1.807, 2.05) is 24.0 Å². The second-order valence-electron chi connectivity index (χ2n) is 6.43. The Kier molecular flexibility index (Phi) is 3.28. The lowest BCUT2D eigenvalue weighted by Gasteiger charge is -2.42. The summed E-state index contributed by atoms with van der Waals surface area (Å²) in [6.45, 7) is 6.23. The van der Waals surface area contributed by atoms with E-state index in [0.29, 0.717) is 6.61 Å². The van der Waals surface area contributed by atoms with Crippen LogP contribution in [0.3, 0.4) is 0 Å². The lowest BCUT2D eigenvalue weighted by Crippen LogP contribution is -2.62. The van der Waals surface area contributed by atoms with Gasteiger partial charge in [0.25, 0.3) is 5.91 Å². The van der Waals surface area contributed by atoms with Gasteiger partial charge in [-0.05, 0) is 41.9 Å². The van der Waals surface area contributed by atoms with Crippen molar-refractivity contribution in [3.05, 3.63) is 16.6 Å². The second kappa shape index (κ2) is 5.10. The van der Waals surface area contributed by atoms with Crippen molar-refractivity contribution in [2.24, 2.45) is 5.10 Å². The molecule has 3 aliphatic rings. The number of carbonyl (C=O) groups excluding carboxylic acids is 1. The summed E-state index contributed by atoms with van der Waals surface area (Å²) in [7, 11) is 0. The molecule has 1 fully saturated rings. The van der Waals surface area contributed by atoms with Crippen molar-refractivity contribution in [1.29, 1.82) is 0 Å². The lowest BCUT2D eigenvalue weighted by molar-refractivity contribution is -0.122. The molecule has 1 amide bonds. The minimum atomic E-state index is -0.319. The number of hydrogen-bond donors (Lipinski definition) is 3. The zero-order chi connectivity index (χ0) is 16.2. The van der Waals surface area contributed by atoms with Crippen molar-refractivity contribution in [2.45, 2.75) is 25.4 Å². The highest BCUT2D eigenvalue weighted by atomic mass is 79.9. The molecule has 4 rings (SSSR count). The van der Waals surface area contributed by atoms with Crippen LogP contribution in [0.1, 0.15) is 13.8 Å². The van der Waals surface area contributed by atoms with Crippen molar-refractivity contribution >= 4 is 39.0 Å². The van der Waals surface area contributed by atoms with Gasteiger partial charge in [-0.1, -0.05) is 0 Å². The molecule has 7 nitrogen and oxygen atoms in total. The third-order valence-electron chi connectivity index (χ3n) is 4.47. The summed E-state index contributed by atoms with van der Waals surface area (Å²) in [5.41, 5.74) is 4.42. The van der Waals surface area contributed by atoms with E-state index in [-0.39, 0.29) is 17.5 Å². The number of amidine groups is 1. The minimum absolute atomic E-state index is 0.0358. The van der Waals surface area contributed by atoms with Crippen LogP contribution in [0.25, 0.3) is 0 Å². The van der Waals surface area contributed by atoms with Crippen LogP contribution in [0.5, 0.6) is 5.75 Å². The standard InChI is InChI=1S/C15H18BrN5O2/c1-8-14(22)20-19-13-5-23-12-3-9(16)10(4-11(12)21(8)13)18-15(2)6-17-7-15/h3-4,8,17-18H,5-7H2,1-2H3,(H,20,22)/t8-/m1/s1. The van der Waals surface area contributed by atoms with Gasteiger partial charge in [0.1, 0.15) is 18.4 Å². The predicted octanol–water partition coefficient (Wildman–Crippen LogP) is 1.25. The number of benzene rings is 1. The summed E-state index contributed by atoms with van der Waals surface area (Å²) in [6.07, 6.45) is 0. The Hall–Kier alpha value is -1.80. The van der Waals surface area contributed by atoms with E-state index in [1.54, 1.807) is 0 Å². The zero-order valence-corrected chi connectivity index (χ0v) is 14.5. The SMILES string of the molecule is C[C@@H]1C(=O)NN=C2COc3cc(Br)c(NC4(C)CNC4)cc3N21. The van der Waals surface area contributed by atoms with Gasteiger partial charge in [0.15, 0.2) is 5.84 Å². The molecular formula is C15H18BrN5O2. The number of nitrogens with zero attached hydrogens (tertiary/aromatic N) is 2. The van der Waals surface area contributed by atoms with Crippen LogP contribution in [0.15, 0.2) is 21.7 Å². The molecule has 0 radical (unpaired) electrons. The van der Waals surface area contributed by atoms with Crippen LogP contribution in [0.4, 0.5) is 11.4 Å². The van der Waals surface area contributed by atoms with Crippen LogP contribution in [-0.4, -0.2) is 43.0 Å². The first-order valence-electron chi connectivity index (χ1n) is 7.58. The third-order valence-corrected chi connectivity index (χ3v) is 5.13. The Balaban J connectivity index is 1.75. The zero-order valence-electron chi connectivity index (χ0n) is 12.9. The largest absolute Gasteiger partial charge is 0.483 e. The summed E-state index contributed by atoms with van der Waals surface area (Å²) >= 11 is 3.61. The number of hydrazone groups is 1. The van der Waals surface area contributed by atoms with Crippen molar-refractivity contribution < 1.29 is 9.53 Å². The molecular weight excluding hydrogens is 362 g/mol. The fourth-order valence-corrected chi connectivity index (χ4v) is 3.48. The van der Waals surface area contributed by atoms with Gasteiger partial charge in [-0.15, -0.1) is 0 Å². The Bertz CT molecular complexity index is 716. The summed E-state index contributed by atoms with van der Waals surface area (Å²) in [5, 5.41) is 11.0. The van der Waals surface area contributed by atoms with Crippen molar-refractivity contribution in [3.8, 4) is 5.75 Å². The van der Waals surface area contributed by atoms with E-state index >= 15 is 0 Å². The van der Waals surface area contributed by atoms with E-state index in [0.717, 1.165) is 40.5 Å². The second-order valence-corrected chi connectivity index (χ2v) is 7.28. The molecule has 3 N–H and O–H groups in total. The van der Waals surface area contributed by atoms with Crippen molar-refractivity contribution in [2.75, 3.05) is 29.9 Å². The normalized spacial score (nSPS) is 24.5. The highest BCUT2D eigenvalue weighted by Gasteiger charge is 2.37. The van der Waals surface area contributed by atoms with Crippen LogP contribution in [-0.2, 0) is 4.79 Å². The number of rotatable bonds is 2. The molecule has 122 valence electrons. The van der Waals surface area contributed by atoms with Crippen LogP contribution in [0, 0.1) is 0 Å². The molecule has 23 heavy (non-hydrogen) atoms. The van der Waals surface area contributed by atoms with Crippen LogP contribution < -0.4 is 25.7 Å². The number of amides is 1. The van der Waals surface area contributed by atoms with Gasteiger partial charge in [0.2, 0.25) is 0 Å². The lowest BCUT2D eigenvalue weighted by atomic mass is 9.95. The van der Waals surface area contributed by atoms with Crippen LogP contribution in [0.2, 0.25) is 0 Å². The van der Waals surface area contributed by atoms with Gasteiger partial charge in [-0.2, -0.15) is 5.10 Å². The quantitative estimate of drug-likeness (QED) is 0.720. The Morgan fingerprint density at radius 3 is 2.96 bits per heavy atom. The minimum Gasteiger partial charge on any atom is -0.483 e. The molecule has 0 aromatic heterocycles. The average molecular weight is 380 g/mol.